The van der Waals surface area contributed by atoms with Crippen molar-refractivity contribution in [3.63, 3.8) is 0 Å². The average molecular weight is 507 g/mol. The summed E-state index contributed by atoms with van der Waals surface area (Å²) in [6.45, 7) is 11.1. The summed E-state index contributed by atoms with van der Waals surface area (Å²) >= 11 is 1.50. The number of aliphatic carboxylic acids is 1. The Labute approximate surface area is 210 Å². The van der Waals surface area contributed by atoms with Crippen molar-refractivity contribution in [2.45, 2.75) is 72.5 Å². The third-order valence-corrected chi connectivity index (χ3v) is 8.65. The Morgan fingerprint density at radius 1 is 1.34 bits per heavy atom. The van der Waals surface area contributed by atoms with E-state index in [9.17, 15) is 18.7 Å². The minimum absolute atomic E-state index is 0.0693. The predicted molar refractivity (Wildman–Crippen MR) is 134 cm³/mol. The van der Waals surface area contributed by atoms with Gasteiger partial charge in [-0.2, -0.15) is 0 Å². The first kappa shape index (κ1) is 26.0. The van der Waals surface area contributed by atoms with E-state index in [2.05, 4.69) is 30.7 Å². The van der Waals surface area contributed by atoms with Crippen LogP contribution in [0.3, 0.4) is 0 Å². The third-order valence-electron chi connectivity index (χ3n) is 7.63. The molecule has 4 rings (SSSR count). The number of rotatable bonds is 8. The predicted octanol–water partition coefficient (Wildman–Crippen LogP) is 6.58. The molecule has 1 saturated carbocycles. The minimum atomic E-state index is -1.43. The number of hydrogen-bond acceptors (Lipinski definition) is 5. The van der Waals surface area contributed by atoms with Gasteiger partial charge in [0.25, 0.3) is 0 Å². The molecule has 1 aromatic heterocycles. The van der Waals surface area contributed by atoms with Crippen LogP contribution in [0.4, 0.5) is 8.78 Å². The Bertz CT molecular complexity index is 1060. The van der Waals surface area contributed by atoms with E-state index in [4.69, 9.17) is 4.74 Å². The van der Waals surface area contributed by atoms with E-state index in [0.717, 1.165) is 22.0 Å². The number of ether oxygens (including phenoxy) is 1. The molecular weight excluding hydrogens is 470 g/mol. The van der Waals surface area contributed by atoms with Gasteiger partial charge in [0, 0.05) is 37.6 Å². The Morgan fingerprint density at radius 2 is 2.03 bits per heavy atom. The normalized spacial score (nSPS) is 30.1. The van der Waals surface area contributed by atoms with Crippen LogP contribution in [-0.2, 0) is 11.3 Å². The van der Waals surface area contributed by atoms with Crippen molar-refractivity contribution in [3.8, 4) is 16.3 Å². The molecule has 0 radical (unpaired) electrons. The molecule has 8 heteroatoms. The Morgan fingerprint density at radius 3 is 2.63 bits per heavy atom. The van der Waals surface area contributed by atoms with Crippen molar-refractivity contribution >= 4 is 17.3 Å². The van der Waals surface area contributed by atoms with Crippen LogP contribution in [0.25, 0.3) is 10.6 Å². The lowest BCUT2D eigenvalue weighted by Gasteiger charge is -2.48. The summed E-state index contributed by atoms with van der Waals surface area (Å²) in [6.07, 6.45) is 1.76. The van der Waals surface area contributed by atoms with Gasteiger partial charge in [0.2, 0.25) is 6.36 Å². The van der Waals surface area contributed by atoms with E-state index in [1.165, 1.54) is 18.3 Å². The summed E-state index contributed by atoms with van der Waals surface area (Å²) in [5.74, 6) is -0.401. The molecule has 2 aromatic rings. The Balaban J connectivity index is 1.57. The zero-order chi connectivity index (χ0) is 25.6. The van der Waals surface area contributed by atoms with Crippen LogP contribution in [0.15, 0.2) is 30.5 Å². The van der Waals surface area contributed by atoms with E-state index in [-0.39, 0.29) is 17.3 Å². The summed E-state index contributed by atoms with van der Waals surface area (Å²) in [5, 5.41) is 11.1. The van der Waals surface area contributed by atoms with Crippen molar-refractivity contribution < 1.29 is 23.4 Å². The van der Waals surface area contributed by atoms with Gasteiger partial charge in [0.15, 0.2) is 0 Å². The number of piperidine rings is 1. The number of carbonyl (C=O) groups is 1. The summed E-state index contributed by atoms with van der Waals surface area (Å²) in [5.41, 5.74) is -1.55. The van der Waals surface area contributed by atoms with Gasteiger partial charge in [-0.3, -0.25) is 9.69 Å². The van der Waals surface area contributed by atoms with E-state index >= 15 is 0 Å². The van der Waals surface area contributed by atoms with Crippen LogP contribution < -0.4 is 4.74 Å². The van der Waals surface area contributed by atoms with Crippen LogP contribution in [0.5, 0.6) is 5.75 Å². The van der Waals surface area contributed by atoms with Crippen LogP contribution in [0, 0.1) is 22.7 Å². The zero-order valence-corrected chi connectivity index (χ0v) is 22.0. The molecule has 0 spiro atoms. The number of para-hydroxylation sites is 1. The molecule has 2 heterocycles. The molecule has 192 valence electrons. The molecule has 2 aliphatic rings. The lowest BCUT2D eigenvalue weighted by atomic mass is 9.65. The van der Waals surface area contributed by atoms with E-state index in [0.29, 0.717) is 38.1 Å². The largest absolute Gasteiger partial charge is 0.481 e. The molecule has 1 aliphatic heterocycles. The van der Waals surface area contributed by atoms with Gasteiger partial charge >= 0.3 is 5.97 Å². The van der Waals surface area contributed by atoms with Crippen molar-refractivity contribution in [3.05, 3.63) is 35.3 Å². The van der Waals surface area contributed by atoms with Crippen LogP contribution in [-0.4, -0.2) is 46.1 Å². The molecule has 1 aromatic carbocycles. The van der Waals surface area contributed by atoms with Gasteiger partial charge < -0.3 is 9.84 Å². The minimum Gasteiger partial charge on any atom is -0.481 e. The second-order valence-electron chi connectivity index (χ2n) is 11.7. The van der Waals surface area contributed by atoms with Gasteiger partial charge in [0.05, 0.1) is 11.0 Å². The van der Waals surface area contributed by atoms with Crippen molar-refractivity contribution in [1.29, 1.82) is 0 Å². The molecular formula is C27H36F2N2O3S. The second kappa shape index (κ2) is 9.43. The maximum absolute atomic E-state index is 14.5. The Kier molecular flexibility index (Phi) is 7.01. The molecule has 1 N–H and O–H groups in total. The molecule has 1 saturated heterocycles. The quantitative estimate of drug-likeness (QED) is 0.438. The SMILES string of the molecule is CC(F)Oc1ccccc1-c1ncc(CN2CC(C(C)(C)C)CC(CC3CC3(C)F)(C(=O)O)C2)s1. The van der Waals surface area contributed by atoms with Gasteiger partial charge in [-0.25, -0.2) is 13.8 Å². The van der Waals surface area contributed by atoms with Crippen LogP contribution >= 0.6 is 11.3 Å². The van der Waals surface area contributed by atoms with Gasteiger partial charge in [-0.05, 0) is 55.6 Å². The van der Waals surface area contributed by atoms with E-state index in [1.807, 2.05) is 12.1 Å². The average Bonchev–Trinajstić information content (AvgIpc) is 3.12. The summed E-state index contributed by atoms with van der Waals surface area (Å²) < 4.78 is 33.3. The number of aromatic nitrogens is 1. The number of nitrogens with zero attached hydrogens (tertiary/aromatic N) is 2. The smallest absolute Gasteiger partial charge is 0.310 e. The number of halogens is 2. The summed E-state index contributed by atoms with van der Waals surface area (Å²) in [7, 11) is 0. The highest BCUT2D eigenvalue weighted by molar-refractivity contribution is 7.15. The van der Waals surface area contributed by atoms with Crippen LogP contribution in [0.2, 0.25) is 0 Å². The monoisotopic (exact) mass is 506 g/mol. The molecule has 5 nitrogen and oxygen atoms in total. The first-order valence-corrected chi connectivity index (χ1v) is 13.1. The lowest BCUT2D eigenvalue weighted by molar-refractivity contribution is -0.157. The molecule has 0 amide bonds. The maximum atomic E-state index is 14.5. The number of carboxylic acid groups (broad SMARTS) is 1. The highest BCUT2D eigenvalue weighted by Crippen LogP contribution is 2.55. The number of alkyl halides is 2. The number of thiazole rings is 1. The lowest BCUT2D eigenvalue weighted by Crippen LogP contribution is -2.53. The number of carboxylic acids is 1. The molecule has 2 fully saturated rings. The van der Waals surface area contributed by atoms with Gasteiger partial charge in [0.1, 0.15) is 16.4 Å². The Hall–Kier alpha value is -2.06. The molecule has 0 bridgehead atoms. The van der Waals surface area contributed by atoms with Gasteiger partial charge in [-0.1, -0.05) is 32.9 Å². The number of likely N-dealkylation sites (tertiary alicyclic amines) is 1. The highest BCUT2D eigenvalue weighted by Gasteiger charge is 2.58. The molecule has 1 aliphatic carbocycles. The number of benzene rings is 1. The van der Waals surface area contributed by atoms with Crippen LogP contribution in [0.1, 0.15) is 58.8 Å². The standard InChI is InChI=1S/C27H36F2N2O3S/c1-17(28)34-22-9-7-6-8-21(22)23-30-13-20(35-23)15-31-14-19(25(2,3)4)12-27(16-31,24(32)33)11-18-10-26(18,5)29/h6-9,13,17-19H,10-12,14-16H2,1-5H3,(H,32,33). The highest BCUT2D eigenvalue weighted by atomic mass is 32.1. The first-order chi connectivity index (χ1) is 16.3. The second-order valence-corrected chi connectivity index (χ2v) is 12.8. The van der Waals surface area contributed by atoms with Gasteiger partial charge in [-0.15, -0.1) is 11.3 Å². The summed E-state index contributed by atoms with van der Waals surface area (Å²) in [4.78, 5) is 20.4. The number of hydrogen-bond donors (Lipinski definition) is 1. The van der Waals surface area contributed by atoms with Crippen molar-refractivity contribution in [2.75, 3.05) is 13.1 Å². The molecule has 5 unspecified atom stereocenters. The van der Waals surface area contributed by atoms with E-state index in [1.54, 1.807) is 25.3 Å². The third kappa shape index (κ3) is 5.85. The maximum Gasteiger partial charge on any atom is 0.310 e. The first-order valence-electron chi connectivity index (χ1n) is 12.3. The zero-order valence-electron chi connectivity index (χ0n) is 21.2. The fourth-order valence-corrected chi connectivity index (χ4v) is 6.31. The fourth-order valence-electron chi connectivity index (χ4n) is 5.32. The van der Waals surface area contributed by atoms with E-state index < -0.39 is 23.4 Å². The fraction of sp³-hybridized carbons (Fsp3) is 0.630. The topological polar surface area (TPSA) is 62.7 Å². The van der Waals surface area contributed by atoms with Crippen molar-refractivity contribution in [2.24, 2.45) is 22.7 Å². The summed E-state index contributed by atoms with van der Waals surface area (Å²) in [6, 6.07) is 7.24. The van der Waals surface area contributed by atoms with Crippen molar-refractivity contribution in [1.82, 2.24) is 9.88 Å². The molecule has 5 atom stereocenters. The molecule has 35 heavy (non-hydrogen) atoms.